The van der Waals surface area contributed by atoms with Gasteiger partial charge in [0.1, 0.15) is 5.75 Å². The average Bonchev–Trinajstić information content (AvgIpc) is 3.36. The minimum Gasteiger partial charge on any atom is -0.497 e. The zero-order chi connectivity index (χ0) is 27.2. The fraction of sp³-hybridized carbons (Fsp3) is 0.348. The summed E-state index contributed by atoms with van der Waals surface area (Å²) in [6.07, 6.45) is 0. The maximum absolute atomic E-state index is 12.9. The zero-order valence-electron chi connectivity index (χ0n) is 20.1. The summed E-state index contributed by atoms with van der Waals surface area (Å²) in [6.45, 7) is 3.55. The van der Waals surface area contributed by atoms with Crippen LogP contribution < -0.4 is 19.5 Å². The van der Waals surface area contributed by atoms with Crippen LogP contribution in [0.2, 0.25) is 0 Å². The summed E-state index contributed by atoms with van der Waals surface area (Å²) in [5, 5.41) is 17.7. The number of carboxylic acid groups (broad SMARTS) is 2. The van der Waals surface area contributed by atoms with E-state index in [1.165, 1.54) is 11.4 Å². The Hall–Kier alpha value is -3.88. The van der Waals surface area contributed by atoms with Crippen molar-refractivity contribution in [1.29, 1.82) is 0 Å². The van der Waals surface area contributed by atoms with Crippen molar-refractivity contribution in [2.45, 2.75) is 17.9 Å². The van der Waals surface area contributed by atoms with Crippen molar-refractivity contribution in [2.75, 3.05) is 45.4 Å². The standard InChI is InChI=1S/C21H25N3O6S.C2H2O4/c1-15(21(25)22-16-3-8-19-20(13-16)30-14-29-19)23-9-11-24(12-10-23)31(26,27)18-6-4-17(28-2)5-7-18;3-1(4)2(5)6/h3-8,13,15H,9-12,14H2,1-2H3,(H,22,25);(H,3,4)(H,5,6). The molecule has 2 aliphatic rings. The second-order valence-electron chi connectivity index (χ2n) is 7.96. The van der Waals surface area contributed by atoms with Crippen LogP contribution in [0.4, 0.5) is 5.69 Å². The van der Waals surface area contributed by atoms with Crippen LogP contribution in [-0.4, -0.2) is 91.8 Å². The van der Waals surface area contributed by atoms with Crippen LogP contribution in [0.5, 0.6) is 17.2 Å². The van der Waals surface area contributed by atoms with Gasteiger partial charge in [0.05, 0.1) is 18.0 Å². The number of nitrogens with one attached hydrogen (secondary N) is 1. The van der Waals surface area contributed by atoms with E-state index in [1.54, 1.807) is 42.5 Å². The predicted octanol–water partition coefficient (Wildman–Crippen LogP) is 0.913. The molecule has 2 aromatic carbocycles. The van der Waals surface area contributed by atoms with Gasteiger partial charge in [-0.15, -0.1) is 0 Å². The fourth-order valence-electron chi connectivity index (χ4n) is 3.61. The van der Waals surface area contributed by atoms with Gasteiger partial charge in [-0.1, -0.05) is 0 Å². The van der Waals surface area contributed by atoms with E-state index in [2.05, 4.69) is 5.32 Å². The van der Waals surface area contributed by atoms with E-state index < -0.39 is 28.0 Å². The molecular weight excluding hydrogens is 510 g/mol. The SMILES string of the molecule is COc1ccc(S(=O)(=O)N2CCN(C(C)C(=O)Nc3ccc4c(c3)OCO4)CC2)cc1.O=C(O)C(=O)O. The third-order valence-electron chi connectivity index (χ3n) is 5.72. The van der Waals surface area contributed by atoms with E-state index in [4.69, 9.17) is 34.0 Å². The van der Waals surface area contributed by atoms with Gasteiger partial charge in [-0.3, -0.25) is 9.69 Å². The lowest BCUT2D eigenvalue weighted by atomic mass is 10.2. The van der Waals surface area contributed by atoms with Crippen LogP contribution in [0.3, 0.4) is 0 Å². The molecule has 0 bridgehead atoms. The van der Waals surface area contributed by atoms with Crippen molar-refractivity contribution in [3.8, 4) is 17.2 Å². The Kier molecular flexibility index (Phi) is 8.91. The number of sulfonamides is 1. The Bertz CT molecular complexity index is 1230. The molecule has 2 aliphatic heterocycles. The number of anilines is 1. The molecule has 0 aliphatic carbocycles. The number of carboxylic acids is 2. The van der Waals surface area contributed by atoms with Gasteiger partial charge in [0, 0.05) is 37.9 Å². The quantitative estimate of drug-likeness (QED) is 0.447. The van der Waals surface area contributed by atoms with Crippen molar-refractivity contribution in [3.63, 3.8) is 0 Å². The number of nitrogens with zero attached hydrogens (tertiary/aromatic N) is 2. The van der Waals surface area contributed by atoms with Gasteiger partial charge < -0.3 is 29.7 Å². The molecule has 0 spiro atoms. The van der Waals surface area contributed by atoms with Crippen LogP contribution in [0, 0.1) is 0 Å². The number of ether oxygens (including phenoxy) is 3. The van der Waals surface area contributed by atoms with Crippen molar-refractivity contribution in [2.24, 2.45) is 0 Å². The van der Waals surface area contributed by atoms with E-state index in [9.17, 15) is 13.2 Å². The molecule has 1 amide bonds. The van der Waals surface area contributed by atoms with Crippen molar-refractivity contribution in [3.05, 3.63) is 42.5 Å². The normalized spacial score (nSPS) is 16.2. The minimum atomic E-state index is -3.59. The lowest BCUT2D eigenvalue weighted by Gasteiger charge is -2.36. The predicted molar refractivity (Wildman–Crippen MR) is 129 cm³/mol. The van der Waals surface area contributed by atoms with Gasteiger partial charge in [0.25, 0.3) is 0 Å². The molecule has 14 heteroatoms. The van der Waals surface area contributed by atoms with E-state index in [0.717, 1.165) is 0 Å². The van der Waals surface area contributed by atoms with Gasteiger partial charge in [0.15, 0.2) is 11.5 Å². The summed E-state index contributed by atoms with van der Waals surface area (Å²) >= 11 is 0. The minimum absolute atomic E-state index is 0.162. The molecular formula is C23H27N3O10S. The average molecular weight is 538 g/mol. The van der Waals surface area contributed by atoms with Gasteiger partial charge >= 0.3 is 11.9 Å². The molecule has 2 heterocycles. The molecule has 2 aromatic rings. The number of hydrogen-bond donors (Lipinski definition) is 3. The Morgan fingerprint density at radius 1 is 0.946 bits per heavy atom. The first-order valence-electron chi connectivity index (χ1n) is 11.1. The molecule has 1 atom stereocenters. The highest BCUT2D eigenvalue weighted by molar-refractivity contribution is 7.89. The summed E-state index contributed by atoms with van der Waals surface area (Å²) in [6, 6.07) is 11.2. The van der Waals surface area contributed by atoms with E-state index in [-0.39, 0.29) is 17.6 Å². The maximum atomic E-state index is 12.9. The monoisotopic (exact) mass is 537 g/mol. The maximum Gasteiger partial charge on any atom is 0.414 e. The number of hydrogen-bond acceptors (Lipinski definition) is 9. The van der Waals surface area contributed by atoms with Gasteiger partial charge in [-0.25, -0.2) is 18.0 Å². The van der Waals surface area contributed by atoms with E-state index in [0.29, 0.717) is 49.1 Å². The highest BCUT2D eigenvalue weighted by Gasteiger charge is 2.32. The fourth-order valence-corrected chi connectivity index (χ4v) is 5.04. The molecule has 37 heavy (non-hydrogen) atoms. The van der Waals surface area contributed by atoms with Crippen molar-refractivity contribution < 1.29 is 47.2 Å². The Labute approximate surface area is 213 Å². The lowest BCUT2D eigenvalue weighted by Crippen LogP contribution is -2.53. The smallest absolute Gasteiger partial charge is 0.414 e. The van der Waals surface area contributed by atoms with Crippen LogP contribution >= 0.6 is 0 Å². The number of aliphatic carboxylic acids is 2. The summed E-state index contributed by atoms with van der Waals surface area (Å²) in [4.78, 5) is 33.1. The third kappa shape index (κ3) is 6.87. The molecule has 1 unspecified atom stereocenters. The molecule has 0 radical (unpaired) electrons. The summed E-state index contributed by atoms with van der Waals surface area (Å²) in [5.41, 5.74) is 0.627. The van der Waals surface area contributed by atoms with Crippen molar-refractivity contribution in [1.82, 2.24) is 9.21 Å². The molecule has 4 rings (SSSR count). The Morgan fingerprint density at radius 3 is 2.11 bits per heavy atom. The molecule has 1 saturated heterocycles. The number of amides is 1. The van der Waals surface area contributed by atoms with Gasteiger partial charge in [-0.2, -0.15) is 4.31 Å². The number of carbonyl (C=O) groups excluding carboxylic acids is 1. The third-order valence-corrected chi connectivity index (χ3v) is 7.63. The van der Waals surface area contributed by atoms with E-state index in [1.807, 2.05) is 11.8 Å². The number of carbonyl (C=O) groups is 3. The molecule has 200 valence electrons. The number of fused-ring (bicyclic) bond motifs is 1. The number of methoxy groups -OCH3 is 1. The number of piperazine rings is 1. The number of benzene rings is 2. The summed E-state index contributed by atoms with van der Waals surface area (Å²) < 4.78 is 42.9. The summed E-state index contributed by atoms with van der Waals surface area (Å²) in [5.74, 6) is -1.95. The van der Waals surface area contributed by atoms with Crippen LogP contribution in [0.1, 0.15) is 6.92 Å². The summed E-state index contributed by atoms with van der Waals surface area (Å²) in [7, 11) is -2.05. The first-order chi connectivity index (χ1) is 17.5. The number of rotatable bonds is 6. The van der Waals surface area contributed by atoms with E-state index >= 15 is 0 Å². The highest BCUT2D eigenvalue weighted by Crippen LogP contribution is 2.34. The second-order valence-corrected chi connectivity index (χ2v) is 9.90. The second kappa shape index (κ2) is 11.9. The largest absolute Gasteiger partial charge is 0.497 e. The highest BCUT2D eigenvalue weighted by atomic mass is 32.2. The molecule has 0 saturated carbocycles. The van der Waals surface area contributed by atoms with Crippen LogP contribution in [-0.2, 0) is 24.4 Å². The topological polar surface area (TPSA) is 172 Å². The molecule has 1 fully saturated rings. The van der Waals surface area contributed by atoms with Gasteiger partial charge in [-0.05, 0) is 43.3 Å². The van der Waals surface area contributed by atoms with Crippen LogP contribution in [0.25, 0.3) is 0 Å². The molecule has 0 aromatic heterocycles. The zero-order valence-corrected chi connectivity index (χ0v) is 20.9. The van der Waals surface area contributed by atoms with Crippen LogP contribution in [0.15, 0.2) is 47.4 Å². The molecule has 3 N–H and O–H groups in total. The first-order valence-corrected chi connectivity index (χ1v) is 12.5. The lowest BCUT2D eigenvalue weighted by molar-refractivity contribution is -0.159. The van der Waals surface area contributed by atoms with Gasteiger partial charge in [0.2, 0.25) is 22.7 Å². The molecule has 13 nitrogen and oxygen atoms in total. The van der Waals surface area contributed by atoms with Crippen molar-refractivity contribution >= 4 is 33.6 Å². The Morgan fingerprint density at radius 2 is 1.54 bits per heavy atom. The Balaban J connectivity index is 0.000000568. The first kappa shape index (κ1) is 27.7.